The van der Waals surface area contributed by atoms with Gasteiger partial charge >= 0.3 is 11.7 Å². The minimum atomic E-state index is -0.894. The van der Waals surface area contributed by atoms with Crippen LogP contribution >= 0.6 is 11.6 Å². The van der Waals surface area contributed by atoms with Crippen LogP contribution in [-0.2, 0) is 9.53 Å². The van der Waals surface area contributed by atoms with E-state index in [1.54, 1.807) is 12.1 Å². The molecule has 0 radical (unpaired) electrons. The Morgan fingerprint density at radius 3 is 2.41 bits per heavy atom. The lowest BCUT2D eigenvalue weighted by atomic mass is 10.2. The fourth-order valence-electron chi connectivity index (χ4n) is 2.14. The van der Waals surface area contributed by atoms with E-state index in [1.165, 1.54) is 32.4 Å². The van der Waals surface area contributed by atoms with E-state index in [0.29, 0.717) is 16.5 Å². The molecule has 0 atom stereocenters. The number of nitrogens with zero attached hydrogens (tertiary/aromatic N) is 1. The first kappa shape index (κ1) is 20.0. The van der Waals surface area contributed by atoms with Crippen LogP contribution in [0.2, 0.25) is 5.02 Å². The highest BCUT2D eigenvalue weighted by Gasteiger charge is 2.19. The van der Waals surface area contributed by atoms with Crippen molar-refractivity contribution in [3.05, 3.63) is 57.1 Å². The van der Waals surface area contributed by atoms with Gasteiger partial charge in [0.1, 0.15) is 5.75 Å². The summed E-state index contributed by atoms with van der Waals surface area (Å²) in [5, 5.41) is 13.9. The molecule has 0 unspecified atom stereocenters. The second-order valence-corrected chi connectivity index (χ2v) is 5.55. The van der Waals surface area contributed by atoms with Gasteiger partial charge in [-0.2, -0.15) is 0 Å². The number of esters is 1. The number of nitro groups is 1. The van der Waals surface area contributed by atoms with Crippen LogP contribution in [0.4, 0.5) is 11.4 Å². The van der Waals surface area contributed by atoms with E-state index in [9.17, 15) is 19.7 Å². The Morgan fingerprint density at radius 1 is 1.11 bits per heavy atom. The zero-order valence-electron chi connectivity index (χ0n) is 14.4. The standard InChI is InChI=1S/C17H15ClN2O7/c1-25-14-6-4-11(18)8-12(14)19-16(21)9-27-17(22)10-3-5-15(26-2)13(7-10)20(23)24/h3-8H,9H2,1-2H3,(H,19,21). The fraction of sp³-hybridized carbons (Fsp3) is 0.176. The van der Waals surface area contributed by atoms with E-state index < -0.39 is 23.4 Å². The van der Waals surface area contributed by atoms with E-state index in [0.717, 1.165) is 6.07 Å². The highest BCUT2D eigenvalue weighted by atomic mass is 35.5. The van der Waals surface area contributed by atoms with Gasteiger partial charge in [0.2, 0.25) is 0 Å². The minimum absolute atomic E-state index is 0.00217. The van der Waals surface area contributed by atoms with Gasteiger partial charge in [-0.3, -0.25) is 14.9 Å². The van der Waals surface area contributed by atoms with Crippen molar-refractivity contribution in [3.8, 4) is 11.5 Å². The lowest BCUT2D eigenvalue weighted by molar-refractivity contribution is -0.385. The number of methoxy groups -OCH3 is 2. The molecule has 0 saturated carbocycles. The van der Waals surface area contributed by atoms with Gasteiger partial charge < -0.3 is 19.5 Å². The second kappa shape index (κ2) is 8.86. The predicted molar refractivity (Wildman–Crippen MR) is 96.6 cm³/mol. The molecule has 0 aromatic heterocycles. The summed E-state index contributed by atoms with van der Waals surface area (Å²) < 4.78 is 14.8. The smallest absolute Gasteiger partial charge is 0.338 e. The summed E-state index contributed by atoms with van der Waals surface area (Å²) in [7, 11) is 2.70. The summed E-state index contributed by atoms with van der Waals surface area (Å²) in [4.78, 5) is 34.3. The number of nitro benzene ring substituents is 1. The quantitative estimate of drug-likeness (QED) is 0.435. The van der Waals surface area contributed by atoms with Crippen molar-refractivity contribution in [1.82, 2.24) is 0 Å². The third-order valence-corrected chi connectivity index (χ3v) is 3.62. The lowest BCUT2D eigenvalue weighted by Gasteiger charge is -2.11. The molecule has 0 fully saturated rings. The molecule has 27 heavy (non-hydrogen) atoms. The molecule has 1 N–H and O–H groups in total. The van der Waals surface area contributed by atoms with Gasteiger partial charge in [0.05, 0.1) is 30.4 Å². The van der Waals surface area contributed by atoms with Crippen molar-refractivity contribution in [2.75, 3.05) is 26.1 Å². The largest absolute Gasteiger partial charge is 0.495 e. The summed E-state index contributed by atoms with van der Waals surface area (Å²) in [5.74, 6) is -1.15. The van der Waals surface area contributed by atoms with Crippen LogP contribution in [0, 0.1) is 10.1 Å². The van der Waals surface area contributed by atoms with E-state index in [2.05, 4.69) is 5.32 Å². The number of hydrogen-bond acceptors (Lipinski definition) is 7. The van der Waals surface area contributed by atoms with Gasteiger partial charge in [-0.1, -0.05) is 11.6 Å². The van der Waals surface area contributed by atoms with Gasteiger partial charge in [-0.15, -0.1) is 0 Å². The monoisotopic (exact) mass is 394 g/mol. The summed E-state index contributed by atoms with van der Waals surface area (Å²) in [6.45, 7) is -0.603. The molecule has 0 aliphatic carbocycles. The zero-order valence-corrected chi connectivity index (χ0v) is 15.1. The van der Waals surface area contributed by atoms with Crippen LogP contribution in [0.3, 0.4) is 0 Å². The number of nitrogens with one attached hydrogen (secondary N) is 1. The Morgan fingerprint density at radius 2 is 1.78 bits per heavy atom. The van der Waals surface area contributed by atoms with Crippen molar-refractivity contribution in [2.45, 2.75) is 0 Å². The highest BCUT2D eigenvalue weighted by molar-refractivity contribution is 6.31. The summed E-state index contributed by atoms with van der Waals surface area (Å²) >= 11 is 5.87. The van der Waals surface area contributed by atoms with Crippen molar-refractivity contribution in [3.63, 3.8) is 0 Å². The Labute approximate surface area is 158 Å². The number of halogens is 1. The number of ether oxygens (including phenoxy) is 3. The lowest BCUT2D eigenvalue weighted by Crippen LogP contribution is -2.21. The number of carbonyl (C=O) groups excluding carboxylic acids is 2. The Kier molecular flexibility index (Phi) is 6.56. The topological polar surface area (TPSA) is 117 Å². The first-order chi connectivity index (χ1) is 12.8. The summed E-state index contributed by atoms with van der Waals surface area (Å²) in [5.41, 5.74) is -0.165. The Bertz CT molecular complexity index is 886. The summed E-state index contributed by atoms with van der Waals surface area (Å²) in [6.07, 6.45) is 0. The number of anilines is 1. The maximum atomic E-state index is 12.0. The second-order valence-electron chi connectivity index (χ2n) is 5.11. The minimum Gasteiger partial charge on any atom is -0.495 e. The van der Waals surface area contributed by atoms with E-state index in [4.69, 9.17) is 25.8 Å². The Balaban J connectivity index is 2.03. The molecule has 9 nitrogen and oxygen atoms in total. The first-order valence-corrected chi connectivity index (χ1v) is 7.86. The van der Waals surface area contributed by atoms with E-state index >= 15 is 0 Å². The number of benzene rings is 2. The maximum absolute atomic E-state index is 12.0. The van der Waals surface area contributed by atoms with Gasteiger partial charge in [0.25, 0.3) is 5.91 Å². The average Bonchev–Trinajstić information content (AvgIpc) is 2.65. The Hall–Kier alpha value is -3.33. The molecule has 2 aromatic carbocycles. The predicted octanol–water partition coefficient (Wildman–Crippen LogP) is 3.06. The molecule has 0 aliphatic rings. The SMILES string of the molecule is COc1ccc(Cl)cc1NC(=O)COC(=O)c1ccc(OC)c([N+](=O)[O-])c1. The van der Waals surface area contributed by atoms with Crippen molar-refractivity contribution < 1.29 is 28.7 Å². The third kappa shape index (κ3) is 5.08. The number of amides is 1. The van der Waals surface area contributed by atoms with Crippen LogP contribution in [0.15, 0.2) is 36.4 Å². The van der Waals surface area contributed by atoms with Gasteiger partial charge in [0, 0.05) is 11.1 Å². The molecule has 0 spiro atoms. The molecule has 0 bridgehead atoms. The summed E-state index contributed by atoms with van der Waals surface area (Å²) in [6, 6.07) is 8.22. The van der Waals surface area contributed by atoms with Crippen LogP contribution in [0.25, 0.3) is 0 Å². The number of rotatable bonds is 7. The number of carbonyl (C=O) groups is 2. The average molecular weight is 395 g/mol. The fourth-order valence-corrected chi connectivity index (χ4v) is 2.31. The van der Waals surface area contributed by atoms with Gasteiger partial charge in [-0.05, 0) is 30.3 Å². The van der Waals surface area contributed by atoms with E-state index in [1.807, 2.05) is 0 Å². The molecule has 2 rings (SSSR count). The normalized spacial score (nSPS) is 10.0. The zero-order chi connectivity index (χ0) is 20.0. The van der Waals surface area contributed by atoms with Crippen LogP contribution in [0.1, 0.15) is 10.4 Å². The molecule has 0 saturated heterocycles. The highest BCUT2D eigenvalue weighted by Crippen LogP contribution is 2.28. The molecule has 142 valence electrons. The maximum Gasteiger partial charge on any atom is 0.338 e. The molecular formula is C17H15ClN2O7. The molecule has 0 heterocycles. The molecule has 10 heteroatoms. The van der Waals surface area contributed by atoms with Crippen molar-refractivity contribution in [1.29, 1.82) is 0 Å². The van der Waals surface area contributed by atoms with Crippen molar-refractivity contribution in [2.24, 2.45) is 0 Å². The first-order valence-electron chi connectivity index (χ1n) is 7.48. The molecule has 1 amide bonds. The molecular weight excluding hydrogens is 380 g/mol. The molecule has 0 aliphatic heterocycles. The van der Waals surface area contributed by atoms with Crippen LogP contribution in [0.5, 0.6) is 11.5 Å². The van der Waals surface area contributed by atoms with Crippen LogP contribution < -0.4 is 14.8 Å². The van der Waals surface area contributed by atoms with Crippen molar-refractivity contribution >= 4 is 34.9 Å². The number of hydrogen-bond donors (Lipinski definition) is 1. The van der Waals surface area contributed by atoms with Gasteiger partial charge in [-0.25, -0.2) is 4.79 Å². The van der Waals surface area contributed by atoms with Crippen LogP contribution in [-0.4, -0.2) is 37.6 Å². The van der Waals surface area contributed by atoms with E-state index in [-0.39, 0.29) is 17.0 Å². The third-order valence-electron chi connectivity index (χ3n) is 3.38. The molecule has 2 aromatic rings. The van der Waals surface area contributed by atoms with Gasteiger partial charge in [0.15, 0.2) is 12.4 Å².